The van der Waals surface area contributed by atoms with E-state index in [1.807, 2.05) is 17.8 Å². The number of hydrogen-bond acceptors (Lipinski definition) is 3. The molecule has 1 aromatic rings. The summed E-state index contributed by atoms with van der Waals surface area (Å²) in [6, 6.07) is 9.45. The van der Waals surface area contributed by atoms with Gasteiger partial charge in [-0.3, -0.25) is 4.79 Å². The molecule has 106 valence electrons. The SMILES string of the molecule is NC1CC2CCC(C1)N2C(=O)C1CSc2ccccc21. The van der Waals surface area contributed by atoms with Crippen LogP contribution in [0.4, 0.5) is 0 Å². The topological polar surface area (TPSA) is 46.3 Å². The number of carbonyl (C=O) groups excluding carboxylic acids is 1. The van der Waals surface area contributed by atoms with Crippen LogP contribution in [-0.4, -0.2) is 34.7 Å². The fourth-order valence-corrected chi connectivity index (χ4v) is 5.35. The minimum absolute atomic E-state index is 0.0635. The Hall–Kier alpha value is -1.00. The highest BCUT2D eigenvalue weighted by Crippen LogP contribution is 2.43. The summed E-state index contributed by atoms with van der Waals surface area (Å²) in [6.07, 6.45) is 4.27. The maximum Gasteiger partial charge on any atom is 0.231 e. The highest BCUT2D eigenvalue weighted by molar-refractivity contribution is 7.99. The molecule has 3 heterocycles. The van der Waals surface area contributed by atoms with E-state index in [1.165, 1.54) is 10.5 Å². The zero-order chi connectivity index (χ0) is 13.7. The maximum atomic E-state index is 13.0. The average Bonchev–Trinajstić information content (AvgIpc) is 2.98. The van der Waals surface area contributed by atoms with E-state index in [1.54, 1.807) is 0 Å². The number of nitrogens with zero attached hydrogens (tertiary/aromatic N) is 1. The van der Waals surface area contributed by atoms with Gasteiger partial charge in [-0.15, -0.1) is 11.8 Å². The lowest BCUT2D eigenvalue weighted by Gasteiger charge is -2.39. The minimum atomic E-state index is 0.0635. The fraction of sp³-hybridized carbons (Fsp3) is 0.562. The molecule has 4 heteroatoms. The van der Waals surface area contributed by atoms with Gasteiger partial charge in [0.1, 0.15) is 0 Å². The highest BCUT2D eigenvalue weighted by atomic mass is 32.2. The largest absolute Gasteiger partial charge is 0.336 e. The van der Waals surface area contributed by atoms with Gasteiger partial charge in [0.15, 0.2) is 0 Å². The second kappa shape index (κ2) is 4.78. The molecule has 2 N–H and O–H groups in total. The van der Waals surface area contributed by atoms with E-state index in [0.29, 0.717) is 24.0 Å². The Bertz CT molecular complexity index is 533. The molecule has 0 saturated carbocycles. The molecule has 2 bridgehead atoms. The third-order valence-corrected chi connectivity index (χ3v) is 6.20. The quantitative estimate of drug-likeness (QED) is 0.863. The lowest BCUT2D eigenvalue weighted by atomic mass is 9.94. The number of thioether (sulfide) groups is 1. The van der Waals surface area contributed by atoms with Crippen molar-refractivity contribution in [2.75, 3.05) is 5.75 Å². The Morgan fingerprint density at radius 3 is 2.65 bits per heavy atom. The van der Waals surface area contributed by atoms with Crippen LogP contribution in [0.15, 0.2) is 29.2 Å². The van der Waals surface area contributed by atoms with E-state index < -0.39 is 0 Å². The van der Waals surface area contributed by atoms with Crippen LogP contribution in [0.5, 0.6) is 0 Å². The van der Waals surface area contributed by atoms with Crippen molar-refractivity contribution in [2.45, 2.75) is 54.6 Å². The molecule has 3 aliphatic heterocycles. The van der Waals surface area contributed by atoms with Crippen LogP contribution in [0.1, 0.15) is 37.2 Å². The first-order chi connectivity index (χ1) is 9.74. The Kier molecular flexibility index (Phi) is 3.04. The van der Waals surface area contributed by atoms with Crippen LogP contribution in [0.2, 0.25) is 0 Å². The van der Waals surface area contributed by atoms with E-state index in [0.717, 1.165) is 31.4 Å². The molecule has 1 amide bonds. The number of rotatable bonds is 1. The molecule has 2 saturated heterocycles. The first kappa shape index (κ1) is 12.7. The van der Waals surface area contributed by atoms with Crippen molar-refractivity contribution < 1.29 is 4.79 Å². The fourth-order valence-electron chi connectivity index (χ4n) is 4.13. The Morgan fingerprint density at radius 1 is 1.20 bits per heavy atom. The van der Waals surface area contributed by atoms with Crippen LogP contribution in [-0.2, 0) is 4.79 Å². The molecular weight excluding hydrogens is 268 g/mol. The number of benzene rings is 1. The number of carbonyl (C=O) groups is 1. The van der Waals surface area contributed by atoms with Gasteiger partial charge in [-0.1, -0.05) is 18.2 Å². The zero-order valence-electron chi connectivity index (χ0n) is 11.5. The van der Waals surface area contributed by atoms with Gasteiger partial charge in [-0.25, -0.2) is 0 Å². The van der Waals surface area contributed by atoms with E-state index >= 15 is 0 Å². The van der Waals surface area contributed by atoms with Gasteiger partial charge >= 0.3 is 0 Å². The summed E-state index contributed by atoms with van der Waals surface area (Å²) in [5, 5.41) is 0. The van der Waals surface area contributed by atoms with E-state index in [4.69, 9.17) is 5.73 Å². The summed E-state index contributed by atoms with van der Waals surface area (Å²) in [5.74, 6) is 1.32. The standard InChI is InChI=1S/C16H20N2OS/c17-10-7-11-5-6-12(8-10)18(11)16(19)14-9-20-15-4-2-1-3-13(14)15/h1-4,10-12,14H,5-9,17H2. The zero-order valence-corrected chi connectivity index (χ0v) is 12.3. The minimum Gasteiger partial charge on any atom is -0.336 e. The molecular formula is C16H20N2OS. The number of nitrogens with two attached hydrogens (primary N) is 1. The van der Waals surface area contributed by atoms with Crippen LogP contribution in [0.25, 0.3) is 0 Å². The Morgan fingerprint density at radius 2 is 1.90 bits per heavy atom. The molecule has 3 nitrogen and oxygen atoms in total. The highest BCUT2D eigenvalue weighted by Gasteiger charge is 2.45. The molecule has 0 spiro atoms. The smallest absolute Gasteiger partial charge is 0.231 e. The number of piperidine rings is 1. The summed E-state index contributed by atoms with van der Waals surface area (Å²) >= 11 is 1.82. The summed E-state index contributed by atoms with van der Waals surface area (Å²) < 4.78 is 0. The summed E-state index contributed by atoms with van der Waals surface area (Å²) in [7, 11) is 0. The third-order valence-electron chi connectivity index (χ3n) is 5.02. The predicted octanol–water partition coefficient (Wildman–Crippen LogP) is 2.36. The molecule has 0 aliphatic carbocycles. The molecule has 3 unspecified atom stereocenters. The van der Waals surface area contributed by atoms with Crippen molar-refractivity contribution in [1.82, 2.24) is 4.90 Å². The summed E-state index contributed by atoms with van der Waals surface area (Å²) in [4.78, 5) is 16.5. The van der Waals surface area contributed by atoms with Gasteiger partial charge < -0.3 is 10.6 Å². The maximum absolute atomic E-state index is 13.0. The predicted molar refractivity (Wildman–Crippen MR) is 80.8 cm³/mol. The van der Waals surface area contributed by atoms with E-state index in [9.17, 15) is 4.79 Å². The Labute approximate surface area is 123 Å². The number of fused-ring (bicyclic) bond motifs is 3. The van der Waals surface area contributed by atoms with Crippen LogP contribution >= 0.6 is 11.8 Å². The van der Waals surface area contributed by atoms with Crippen molar-refractivity contribution in [3.63, 3.8) is 0 Å². The second-order valence-electron chi connectivity index (χ2n) is 6.26. The van der Waals surface area contributed by atoms with Crippen molar-refractivity contribution in [3.05, 3.63) is 29.8 Å². The van der Waals surface area contributed by atoms with E-state index in [-0.39, 0.29) is 5.92 Å². The van der Waals surface area contributed by atoms with Gasteiger partial charge in [0.25, 0.3) is 0 Å². The van der Waals surface area contributed by atoms with Gasteiger partial charge in [-0.05, 0) is 37.3 Å². The van der Waals surface area contributed by atoms with E-state index in [2.05, 4.69) is 23.1 Å². The molecule has 0 radical (unpaired) electrons. The lowest BCUT2D eigenvalue weighted by molar-refractivity contribution is -0.136. The first-order valence-corrected chi connectivity index (χ1v) is 8.52. The molecule has 3 aliphatic rings. The third kappa shape index (κ3) is 1.89. The van der Waals surface area contributed by atoms with Crippen LogP contribution < -0.4 is 5.73 Å². The average molecular weight is 288 g/mol. The molecule has 20 heavy (non-hydrogen) atoms. The molecule has 4 rings (SSSR count). The van der Waals surface area contributed by atoms with Gasteiger partial charge in [-0.2, -0.15) is 0 Å². The molecule has 3 atom stereocenters. The normalized spacial score (nSPS) is 35.1. The number of hydrogen-bond donors (Lipinski definition) is 1. The van der Waals surface area contributed by atoms with Crippen molar-refractivity contribution in [1.29, 1.82) is 0 Å². The van der Waals surface area contributed by atoms with Crippen molar-refractivity contribution in [2.24, 2.45) is 5.73 Å². The van der Waals surface area contributed by atoms with Gasteiger partial charge in [0.05, 0.1) is 5.92 Å². The number of amides is 1. The lowest BCUT2D eigenvalue weighted by Crippen LogP contribution is -2.51. The summed E-state index contributed by atoms with van der Waals surface area (Å²) in [6.45, 7) is 0. The first-order valence-electron chi connectivity index (χ1n) is 7.53. The Balaban J connectivity index is 1.60. The molecule has 2 fully saturated rings. The second-order valence-corrected chi connectivity index (χ2v) is 7.33. The van der Waals surface area contributed by atoms with Crippen LogP contribution in [0, 0.1) is 0 Å². The molecule has 1 aromatic carbocycles. The molecule has 0 aromatic heterocycles. The van der Waals surface area contributed by atoms with Crippen molar-refractivity contribution in [3.8, 4) is 0 Å². The monoisotopic (exact) mass is 288 g/mol. The van der Waals surface area contributed by atoms with Crippen molar-refractivity contribution >= 4 is 17.7 Å². The van der Waals surface area contributed by atoms with Gasteiger partial charge in [0.2, 0.25) is 5.91 Å². The van der Waals surface area contributed by atoms with Gasteiger partial charge in [0, 0.05) is 28.8 Å². The van der Waals surface area contributed by atoms with Crippen LogP contribution in [0.3, 0.4) is 0 Å². The summed E-state index contributed by atoms with van der Waals surface area (Å²) in [5.41, 5.74) is 7.34.